The Hall–Kier alpha value is -1.22. The summed E-state index contributed by atoms with van der Waals surface area (Å²) in [5.41, 5.74) is 0.602. The smallest absolute Gasteiger partial charge is 0.185 e. The van der Waals surface area contributed by atoms with Crippen LogP contribution in [0.1, 0.15) is 12.6 Å². The maximum atomic E-state index is 9.74. The van der Waals surface area contributed by atoms with Gasteiger partial charge in [0, 0.05) is 12.6 Å². The lowest BCUT2D eigenvalue weighted by Gasteiger charge is -2.11. The van der Waals surface area contributed by atoms with Gasteiger partial charge in [0.1, 0.15) is 17.5 Å². The SMILES string of the molecule is CSc1ncnc2nn([C@H]3C[C@H](O)[C@@H](CO)O3)cc12. The first-order valence-corrected chi connectivity index (χ1v) is 7.13. The van der Waals surface area contributed by atoms with Gasteiger partial charge in [-0.25, -0.2) is 14.6 Å². The summed E-state index contributed by atoms with van der Waals surface area (Å²) >= 11 is 1.53. The predicted octanol–water partition coefficient (Wildman–Crippen LogP) is 0.189. The first-order valence-electron chi connectivity index (χ1n) is 5.91. The Balaban J connectivity index is 1.94. The first-order chi connectivity index (χ1) is 9.22. The van der Waals surface area contributed by atoms with Crippen molar-refractivity contribution >= 4 is 22.8 Å². The van der Waals surface area contributed by atoms with Gasteiger partial charge in [-0.2, -0.15) is 0 Å². The van der Waals surface area contributed by atoms with Crippen LogP contribution in [0.2, 0.25) is 0 Å². The highest BCUT2D eigenvalue weighted by Crippen LogP contribution is 2.30. The van der Waals surface area contributed by atoms with Crippen LogP contribution in [0.25, 0.3) is 11.0 Å². The van der Waals surface area contributed by atoms with Crippen molar-refractivity contribution < 1.29 is 14.9 Å². The Kier molecular flexibility index (Phi) is 3.40. The Morgan fingerprint density at radius 1 is 1.53 bits per heavy atom. The Morgan fingerprint density at radius 3 is 3.05 bits per heavy atom. The minimum atomic E-state index is -0.673. The molecule has 1 fully saturated rings. The fraction of sp³-hybridized carbons (Fsp3) is 0.545. The molecule has 0 unspecified atom stereocenters. The summed E-state index contributed by atoms with van der Waals surface area (Å²) in [6.45, 7) is -0.200. The van der Waals surface area contributed by atoms with Gasteiger partial charge in [0.2, 0.25) is 0 Å². The molecule has 3 heterocycles. The molecule has 2 aromatic rings. The zero-order valence-corrected chi connectivity index (χ0v) is 11.1. The molecule has 102 valence electrons. The number of ether oxygens (including phenoxy) is 1. The maximum absolute atomic E-state index is 9.74. The van der Waals surface area contributed by atoms with E-state index in [1.165, 1.54) is 18.1 Å². The lowest BCUT2D eigenvalue weighted by molar-refractivity contribution is -0.0482. The maximum Gasteiger partial charge on any atom is 0.185 e. The van der Waals surface area contributed by atoms with Crippen molar-refractivity contribution in [3.63, 3.8) is 0 Å². The fourth-order valence-corrected chi connectivity index (χ4v) is 2.70. The standard InChI is InChI=1S/C11H14N4O3S/c1-19-11-6-3-15(14-10(6)12-5-13-11)9-2-7(17)8(4-16)18-9/h3,5,7-9,16-17H,2,4H2,1H3/t7-,8+,9+/m0/s1. The molecular weight excluding hydrogens is 268 g/mol. The van der Waals surface area contributed by atoms with Gasteiger partial charge in [0.15, 0.2) is 11.9 Å². The first kappa shape index (κ1) is 12.8. The van der Waals surface area contributed by atoms with Crippen molar-refractivity contribution in [3.05, 3.63) is 12.5 Å². The fourth-order valence-electron chi connectivity index (χ4n) is 2.19. The van der Waals surface area contributed by atoms with E-state index in [1.54, 1.807) is 4.68 Å². The highest BCUT2D eigenvalue weighted by atomic mass is 32.2. The molecule has 1 aliphatic rings. The molecule has 1 aliphatic heterocycles. The van der Waals surface area contributed by atoms with Crippen molar-refractivity contribution in [1.29, 1.82) is 0 Å². The largest absolute Gasteiger partial charge is 0.394 e. The number of nitrogens with zero attached hydrogens (tertiary/aromatic N) is 4. The molecule has 3 rings (SSSR count). The van der Waals surface area contributed by atoms with Crippen molar-refractivity contribution in [2.45, 2.75) is 29.9 Å². The molecule has 0 spiro atoms. The number of aromatic nitrogens is 4. The summed E-state index contributed by atoms with van der Waals surface area (Å²) in [6.07, 6.45) is 4.04. The molecule has 0 bridgehead atoms. The van der Waals surface area contributed by atoms with Crippen molar-refractivity contribution in [3.8, 4) is 0 Å². The molecular formula is C11H14N4O3S. The van der Waals surface area contributed by atoms with Gasteiger partial charge >= 0.3 is 0 Å². The Labute approximate surface area is 113 Å². The van der Waals surface area contributed by atoms with E-state index in [4.69, 9.17) is 9.84 Å². The molecule has 0 saturated carbocycles. The molecule has 19 heavy (non-hydrogen) atoms. The molecule has 7 nitrogen and oxygen atoms in total. The minimum Gasteiger partial charge on any atom is -0.394 e. The third-order valence-electron chi connectivity index (χ3n) is 3.17. The lowest BCUT2D eigenvalue weighted by atomic mass is 10.2. The highest BCUT2D eigenvalue weighted by molar-refractivity contribution is 7.98. The molecule has 2 aromatic heterocycles. The number of fused-ring (bicyclic) bond motifs is 1. The molecule has 0 radical (unpaired) electrons. The van der Waals surface area contributed by atoms with Gasteiger partial charge in [-0.15, -0.1) is 16.9 Å². The van der Waals surface area contributed by atoms with Crippen LogP contribution in [0.3, 0.4) is 0 Å². The quantitative estimate of drug-likeness (QED) is 0.613. The summed E-state index contributed by atoms with van der Waals surface area (Å²) in [4.78, 5) is 8.30. The van der Waals surface area contributed by atoms with Crippen molar-refractivity contribution in [2.75, 3.05) is 12.9 Å². The highest BCUT2D eigenvalue weighted by Gasteiger charge is 2.35. The topological polar surface area (TPSA) is 93.3 Å². The van der Waals surface area contributed by atoms with Crippen LogP contribution in [0.15, 0.2) is 17.6 Å². The molecule has 8 heteroatoms. The van der Waals surface area contributed by atoms with E-state index < -0.39 is 12.2 Å². The van der Waals surface area contributed by atoms with E-state index in [0.717, 1.165) is 10.4 Å². The van der Waals surface area contributed by atoms with E-state index in [-0.39, 0.29) is 12.8 Å². The lowest BCUT2D eigenvalue weighted by Crippen LogP contribution is -2.24. The van der Waals surface area contributed by atoms with Gasteiger partial charge in [0.05, 0.1) is 18.1 Å². The second-order valence-corrected chi connectivity index (χ2v) is 5.14. The average molecular weight is 282 g/mol. The van der Waals surface area contributed by atoms with Gasteiger partial charge in [-0.1, -0.05) is 0 Å². The zero-order valence-electron chi connectivity index (χ0n) is 10.3. The van der Waals surface area contributed by atoms with Crippen LogP contribution >= 0.6 is 11.8 Å². The van der Waals surface area contributed by atoms with E-state index in [0.29, 0.717) is 12.1 Å². The number of aliphatic hydroxyl groups is 2. The number of hydrogen-bond acceptors (Lipinski definition) is 7. The average Bonchev–Trinajstić information content (AvgIpc) is 3.00. The number of rotatable bonds is 3. The van der Waals surface area contributed by atoms with Gasteiger partial charge < -0.3 is 14.9 Å². The van der Waals surface area contributed by atoms with Crippen LogP contribution in [-0.4, -0.2) is 55.0 Å². The third kappa shape index (κ3) is 2.20. The number of thioether (sulfide) groups is 1. The van der Waals surface area contributed by atoms with E-state index in [9.17, 15) is 5.11 Å². The normalized spacial score (nSPS) is 27.2. The zero-order chi connectivity index (χ0) is 13.4. The van der Waals surface area contributed by atoms with E-state index in [1.807, 2.05) is 12.5 Å². The van der Waals surface area contributed by atoms with Crippen molar-refractivity contribution in [2.24, 2.45) is 0 Å². The monoisotopic (exact) mass is 282 g/mol. The summed E-state index contributed by atoms with van der Waals surface area (Å²) in [7, 11) is 0. The van der Waals surface area contributed by atoms with Crippen LogP contribution < -0.4 is 0 Å². The van der Waals surface area contributed by atoms with Crippen LogP contribution in [0.4, 0.5) is 0 Å². The second-order valence-electron chi connectivity index (χ2n) is 4.34. The molecule has 2 N–H and O–H groups in total. The van der Waals surface area contributed by atoms with Gasteiger partial charge in [-0.05, 0) is 6.26 Å². The van der Waals surface area contributed by atoms with Crippen molar-refractivity contribution in [1.82, 2.24) is 19.7 Å². The molecule has 0 amide bonds. The summed E-state index contributed by atoms with van der Waals surface area (Å²) in [6, 6.07) is 0. The number of hydrogen-bond donors (Lipinski definition) is 2. The van der Waals surface area contributed by atoms with E-state index in [2.05, 4.69) is 15.1 Å². The van der Waals surface area contributed by atoms with Gasteiger partial charge in [0.25, 0.3) is 0 Å². The Morgan fingerprint density at radius 2 is 2.37 bits per heavy atom. The van der Waals surface area contributed by atoms with Crippen LogP contribution in [0.5, 0.6) is 0 Å². The number of aliphatic hydroxyl groups excluding tert-OH is 2. The van der Waals surface area contributed by atoms with Crippen LogP contribution in [0, 0.1) is 0 Å². The van der Waals surface area contributed by atoms with Crippen LogP contribution in [-0.2, 0) is 4.74 Å². The predicted molar refractivity (Wildman–Crippen MR) is 68.7 cm³/mol. The summed E-state index contributed by atoms with van der Waals surface area (Å²) < 4.78 is 7.19. The Bertz CT molecular complexity index is 590. The second kappa shape index (κ2) is 5.04. The van der Waals surface area contributed by atoms with E-state index >= 15 is 0 Å². The molecule has 0 aromatic carbocycles. The molecule has 0 aliphatic carbocycles. The van der Waals surface area contributed by atoms with Gasteiger partial charge in [-0.3, -0.25) is 0 Å². The minimum absolute atomic E-state index is 0.200. The summed E-state index contributed by atoms with van der Waals surface area (Å²) in [5.74, 6) is 0. The molecule has 3 atom stereocenters. The third-order valence-corrected chi connectivity index (χ3v) is 3.88. The summed E-state index contributed by atoms with van der Waals surface area (Å²) in [5, 5.41) is 24.9. The molecule has 1 saturated heterocycles.